The lowest BCUT2D eigenvalue weighted by atomic mass is 10.1. The van der Waals surface area contributed by atoms with Gasteiger partial charge in [0.1, 0.15) is 5.58 Å². The number of furan rings is 1. The number of para-hydroxylation sites is 1. The zero-order valence-electron chi connectivity index (χ0n) is 21.4. The van der Waals surface area contributed by atoms with Crippen LogP contribution in [0, 0.1) is 0 Å². The number of ether oxygens (including phenoxy) is 1. The highest BCUT2D eigenvalue weighted by molar-refractivity contribution is 7.89. The molecule has 4 aromatic rings. The van der Waals surface area contributed by atoms with Gasteiger partial charge in [0.2, 0.25) is 15.8 Å². The highest BCUT2D eigenvalue weighted by Crippen LogP contribution is 2.33. The minimum absolute atomic E-state index is 0.0435. The van der Waals surface area contributed by atoms with Crippen molar-refractivity contribution < 1.29 is 27.2 Å². The molecule has 1 aliphatic heterocycles. The monoisotopic (exact) mass is 566 g/mol. The van der Waals surface area contributed by atoms with Crippen molar-refractivity contribution in [1.82, 2.24) is 4.31 Å². The zero-order valence-corrected chi connectivity index (χ0v) is 23.0. The Balaban J connectivity index is 1.39. The maximum Gasteiger partial charge on any atom is 0.243 e. The van der Waals surface area contributed by atoms with Crippen molar-refractivity contribution in [3.63, 3.8) is 0 Å². The third-order valence-electron chi connectivity index (χ3n) is 6.51. The van der Waals surface area contributed by atoms with Crippen LogP contribution in [0.3, 0.4) is 0 Å². The Hall–Kier alpha value is -3.50. The van der Waals surface area contributed by atoms with Crippen LogP contribution in [-0.4, -0.2) is 56.1 Å². The highest BCUT2D eigenvalue weighted by atomic mass is 35.5. The van der Waals surface area contributed by atoms with Gasteiger partial charge in [-0.1, -0.05) is 35.9 Å². The largest absolute Gasteiger partial charge is 0.450 e. The van der Waals surface area contributed by atoms with Gasteiger partial charge in [-0.25, -0.2) is 8.42 Å². The van der Waals surface area contributed by atoms with Gasteiger partial charge in [-0.3, -0.25) is 9.59 Å². The average Bonchev–Trinajstić information content (AvgIpc) is 3.30. The van der Waals surface area contributed by atoms with E-state index < -0.39 is 10.0 Å². The van der Waals surface area contributed by atoms with Crippen molar-refractivity contribution in [2.24, 2.45) is 0 Å². The first-order valence-electron chi connectivity index (χ1n) is 12.5. The van der Waals surface area contributed by atoms with Crippen LogP contribution in [0.2, 0.25) is 5.02 Å². The van der Waals surface area contributed by atoms with Crippen LogP contribution in [0.4, 0.5) is 5.69 Å². The molecule has 0 radical (unpaired) electrons. The highest BCUT2D eigenvalue weighted by Gasteiger charge is 2.32. The molecule has 1 saturated heterocycles. The molecule has 1 aromatic heterocycles. The van der Waals surface area contributed by atoms with E-state index in [0.717, 1.165) is 0 Å². The van der Waals surface area contributed by atoms with E-state index in [0.29, 0.717) is 27.2 Å². The molecule has 39 heavy (non-hydrogen) atoms. The Morgan fingerprint density at radius 3 is 2.36 bits per heavy atom. The molecule has 3 aromatic carbocycles. The zero-order chi connectivity index (χ0) is 27.7. The molecular formula is C29H27ClN2O6S. The Bertz CT molecular complexity index is 1640. The van der Waals surface area contributed by atoms with E-state index in [9.17, 15) is 18.0 Å². The molecule has 5 rings (SSSR count). The normalized spacial score (nSPS) is 18.2. The van der Waals surface area contributed by atoms with E-state index >= 15 is 0 Å². The number of anilines is 1. The summed E-state index contributed by atoms with van der Waals surface area (Å²) in [7, 11) is -3.81. The fourth-order valence-corrected chi connectivity index (χ4v) is 6.45. The van der Waals surface area contributed by atoms with Gasteiger partial charge < -0.3 is 14.5 Å². The maximum absolute atomic E-state index is 13.3. The summed E-state index contributed by atoms with van der Waals surface area (Å²) >= 11 is 5.97. The lowest BCUT2D eigenvalue weighted by molar-refractivity contribution is -0.0440. The average molecular weight is 567 g/mol. The summed E-state index contributed by atoms with van der Waals surface area (Å²) in [5, 5.41) is 4.21. The number of benzene rings is 3. The van der Waals surface area contributed by atoms with Gasteiger partial charge in [-0.05, 0) is 62.4 Å². The van der Waals surface area contributed by atoms with Crippen LogP contribution in [0.15, 0.2) is 82.1 Å². The van der Waals surface area contributed by atoms with Gasteiger partial charge in [-0.15, -0.1) is 0 Å². The molecule has 2 atom stereocenters. The van der Waals surface area contributed by atoms with E-state index in [1.54, 1.807) is 54.6 Å². The summed E-state index contributed by atoms with van der Waals surface area (Å²) in [6.07, 6.45) is -0.459. The Labute approximate surface area is 231 Å². The summed E-state index contributed by atoms with van der Waals surface area (Å²) in [5.74, 6) is -0.635. The summed E-state index contributed by atoms with van der Waals surface area (Å²) < 4.78 is 39.5. The first-order chi connectivity index (χ1) is 18.6. The van der Waals surface area contributed by atoms with Crippen LogP contribution in [0.5, 0.6) is 0 Å². The molecule has 1 N–H and O–H groups in total. The van der Waals surface area contributed by atoms with Gasteiger partial charge in [0, 0.05) is 34.6 Å². The number of halogens is 1. The summed E-state index contributed by atoms with van der Waals surface area (Å²) in [4.78, 5) is 26.5. The summed E-state index contributed by atoms with van der Waals surface area (Å²) in [6.45, 7) is 3.96. The second-order valence-corrected chi connectivity index (χ2v) is 11.9. The molecular weight excluding hydrogens is 540 g/mol. The second-order valence-electron chi connectivity index (χ2n) is 9.52. The quantitative estimate of drug-likeness (QED) is 0.284. The van der Waals surface area contributed by atoms with Crippen molar-refractivity contribution in [2.75, 3.05) is 25.0 Å². The van der Waals surface area contributed by atoms with E-state index in [2.05, 4.69) is 5.32 Å². The molecule has 1 aliphatic rings. The molecule has 2 unspecified atom stereocenters. The minimum atomic E-state index is -3.81. The number of carbonyl (C=O) groups is 2. The lowest BCUT2D eigenvalue weighted by Crippen LogP contribution is -2.48. The van der Waals surface area contributed by atoms with Gasteiger partial charge in [0.25, 0.3) is 0 Å². The number of hydrogen-bond donors (Lipinski definition) is 1. The predicted octanol–water partition coefficient (Wildman–Crippen LogP) is 5.41. The van der Waals surface area contributed by atoms with E-state index in [-0.39, 0.29) is 59.6 Å². The SMILES string of the molecule is CC1CN(S(=O)(=O)c2cccc(C(=O)CNc3c(C(=O)c4ccc(Cl)cc4)oc4ccccc34)c2)CC(C)O1. The van der Waals surface area contributed by atoms with Crippen molar-refractivity contribution >= 4 is 49.8 Å². The topological polar surface area (TPSA) is 106 Å². The van der Waals surface area contributed by atoms with Crippen LogP contribution in [0.1, 0.15) is 40.3 Å². The molecule has 10 heteroatoms. The first kappa shape index (κ1) is 27.1. The standard InChI is InChI=1S/C29H27ClN2O6S/c1-18-16-32(17-19(2)37-18)39(35,36)23-7-5-6-21(14-23)25(33)15-31-27-24-8-3-4-9-26(24)38-29(27)28(34)20-10-12-22(30)13-11-20/h3-14,18-19,31H,15-17H2,1-2H3. The molecule has 2 heterocycles. The van der Waals surface area contributed by atoms with Crippen LogP contribution < -0.4 is 5.32 Å². The fraction of sp³-hybridized carbons (Fsp3) is 0.241. The van der Waals surface area contributed by atoms with Gasteiger partial charge in [0.15, 0.2) is 11.5 Å². The minimum Gasteiger partial charge on any atom is -0.450 e. The number of Topliss-reactive ketones (excluding diaryl/α,β-unsaturated/α-hetero) is 1. The predicted molar refractivity (Wildman–Crippen MR) is 149 cm³/mol. The number of hydrogen-bond acceptors (Lipinski definition) is 7. The number of nitrogens with zero attached hydrogens (tertiary/aromatic N) is 1. The number of nitrogens with one attached hydrogen (secondary N) is 1. The van der Waals surface area contributed by atoms with Gasteiger partial charge in [0.05, 0.1) is 29.3 Å². The molecule has 0 aliphatic carbocycles. The molecule has 8 nitrogen and oxygen atoms in total. The molecule has 0 saturated carbocycles. The number of carbonyl (C=O) groups excluding carboxylic acids is 2. The Kier molecular flexibility index (Phi) is 7.59. The van der Waals surface area contributed by atoms with Crippen LogP contribution in [-0.2, 0) is 14.8 Å². The molecule has 202 valence electrons. The molecule has 1 fully saturated rings. The Morgan fingerprint density at radius 1 is 0.949 bits per heavy atom. The molecule has 0 bridgehead atoms. The smallest absolute Gasteiger partial charge is 0.243 e. The van der Waals surface area contributed by atoms with E-state index in [1.807, 2.05) is 19.9 Å². The number of rotatable bonds is 8. The van der Waals surface area contributed by atoms with Crippen molar-refractivity contribution in [2.45, 2.75) is 31.0 Å². The summed E-state index contributed by atoms with van der Waals surface area (Å²) in [5.41, 5.74) is 1.50. The number of sulfonamides is 1. The maximum atomic E-state index is 13.3. The third kappa shape index (κ3) is 5.62. The van der Waals surface area contributed by atoms with Crippen molar-refractivity contribution in [3.8, 4) is 0 Å². The molecule has 0 spiro atoms. The van der Waals surface area contributed by atoms with Crippen molar-refractivity contribution in [3.05, 3.63) is 94.7 Å². The summed E-state index contributed by atoms with van der Waals surface area (Å²) in [6, 6.07) is 19.6. The number of morpholine rings is 1. The fourth-order valence-electron chi connectivity index (χ4n) is 4.69. The lowest BCUT2D eigenvalue weighted by Gasteiger charge is -2.34. The molecule has 0 amide bonds. The van der Waals surface area contributed by atoms with Crippen LogP contribution >= 0.6 is 11.6 Å². The van der Waals surface area contributed by atoms with Gasteiger partial charge in [-0.2, -0.15) is 4.31 Å². The Morgan fingerprint density at radius 2 is 1.64 bits per heavy atom. The van der Waals surface area contributed by atoms with Crippen molar-refractivity contribution in [1.29, 1.82) is 0 Å². The van der Waals surface area contributed by atoms with E-state index in [4.69, 9.17) is 20.8 Å². The van der Waals surface area contributed by atoms with E-state index in [1.165, 1.54) is 16.4 Å². The van der Waals surface area contributed by atoms with Crippen LogP contribution in [0.25, 0.3) is 11.0 Å². The third-order valence-corrected chi connectivity index (χ3v) is 8.59. The van der Waals surface area contributed by atoms with Gasteiger partial charge >= 0.3 is 0 Å². The number of ketones is 2. The second kappa shape index (κ2) is 10.9. The first-order valence-corrected chi connectivity index (χ1v) is 14.3. The number of fused-ring (bicyclic) bond motifs is 1.